The van der Waals surface area contributed by atoms with Gasteiger partial charge in [-0.25, -0.2) is 0 Å². The minimum Gasteiger partial charge on any atom is -0.380 e. The summed E-state index contributed by atoms with van der Waals surface area (Å²) >= 11 is 6.54. The van der Waals surface area contributed by atoms with Crippen molar-refractivity contribution in [3.63, 3.8) is 0 Å². The molecular formula is C25H33ClN2. The molecule has 1 saturated carbocycles. The van der Waals surface area contributed by atoms with Crippen molar-refractivity contribution in [3.8, 4) is 0 Å². The average Bonchev–Trinajstić information content (AvgIpc) is 2.99. The van der Waals surface area contributed by atoms with Crippen LogP contribution in [0.25, 0.3) is 0 Å². The Morgan fingerprint density at radius 2 is 1.64 bits per heavy atom. The number of halogens is 1. The lowest BCUT2D eigenvalue weighted by Gasteiger charge is -2.21. The largest absolute Gasteiger partial charge is 0.380 e. The van der Waals surface area contributed by atoms with E-state index in [1.165, 1.54) is 67.2 Å². The molecule has 0 atom stereocenters. The summed E-state index contributed by atoms with van der Waals surface area (Å²) < 4.78 is 0. The van der Waals surface area contributed by atoms with Crippen molar-refractivity contribution in [1.29, 1.82) is 0 Å². The molecule has 0 saturated heterocycles. The first kappa shape index (κ1) is 19.8. The smallest absolute Gasteiger partial charge is 0.0640 e. The van der Waals surface area contributed by atoms with Gasteiger partial charge in [0.05, 0.1) is 10.7 Å². The summed E-state index contributed by atoms with van der Waals surface area (Å²) in [6, 6.07) is 13.4. The summed E-state index contributed by atoms with van der Waals surface area (Å²) in [6.07, 6.45) is 11.9. The van der Waals surface area contributed by atoms with E-state index < -0.39 is 0 Å². The standard InChI is InChI=1S/C25H33ClN2/c26-24-13-12-22-14-16-27-17-15-23(22)25(24)28-18-21-10-8-20(9-11-21)7-6-19-4-2-1-3-5-19/h8-13,19,27-28H,1-7,14-18H2. The molecule has 1 aliphatic carbocycles. The molecule has 1 aliphatic heterocycles. The molecular weight excluding hydrogens is 364 g/mol. The van der Waals surface area contributed by atoms with Gasteiger partial charge in [0.2, 0.25) is 0 Å². The number of rotatable bonds is 6. The Balaban J connectivity index is 1.35. The van der Waals surface area contributed by atoms with Crippen LogP contribution in [0.2, 0.25) is 5.02 Å². The van der Waals surface area contributed by atoms with Crippen molar-refractivity contribution in [2.24, 2.45) is 5.92 Å². The molecule has 4 rings (SSSR count). The number of fused-ring (bicyclic) bond motifs is 1. The summed E-state index contributed by atoms with van der Waals surface area (Å²) in [5.74, 6) is 0.958. The molecule has 2 N–H and O–H groups in total. The van der Waals surface area contributed by atoms with Crippen LogP contribution in [-0.4, -0.2) is 13.1 Å². The van der Waals surface area contributed by atoms with Crippen molar-refractivity contribution in [3.05, 3.63) is 63.7 Å². The van der Waals surface area contributed by atoms with E-state index in [4.69, 9.17) is 11.6 Å². The predicted molar refractivity (Wildman–Crippen MR) is 120 cm³/mol. The quantitative estimate of drug-likeness (QED) is 0.611. The molecule has 0 radical (unpaired) electrons. The van der Waals surface area contributed by atoms with Gasteiger partial charge in [-0.2, -0.15) is 0 Å². The van der Waals surface area contributed by atoms with Gasteiger partial charge in [0.25, 0.3) is 0 Å². The Morgan fingerprint density at radius 3 is 2.46 bits per heavy atom. The highest BCUT2D eigenvalue weighted by molar-refractivity contribution is 6.33. The van der Waals surface area contributed by atoms with Crippen LogP contribution < -0.4 is 10.6 Å². The van der Waals surface area contributed by atoms with E-state index in [-0.39, 0.29) is 0 Å². The van der Waals surface area contributed by atoms with Gasteiger partial charge in [0.1, 0.15) is 0 Å². The lowest BCUT2D eigenvalue weighted by Crippen LogP contribution is -2.16. The minimum absolute atomic E-state index is 0.826. The molecule has 2 nitrogen and oxygen atoms in total. The number of nitrogens with one attached hydrogen (secondary N) is 2. The van der Waals surface area contributed by atoms with Gasteiger partial charge in [-0.1, -0.05) is 74.0 Å². The minimum atomic E-state index is 0.826. The van der Waals surface area contributed by atoms with Crippen LogP contribution in [0.1, 0.15) is 60.8 Å². The molecule has 2 aromatic carbocycles. The fourth-order valence-corrected chi connectivity index (χ4v) is 5.04. The first-order valence-corrected chi connectivity index (χ1v) is 11.5. The average molecular weight is 397 g/mol. The second-order valence-electron chi connectivity index (χ2n) is 8.52. The van der Waals surface area contributed by atoms with E-state index >= 15 is 0 Å². The Kier molecular flexibility index (Phi) is 6.93. The van der Waals surface area contributed by atoms with E-state index in [9.17, 15) is 0 Å². The van der Waals surface area contributed by atoms with E-state index in [1.807, 2.05) is 6.07 Å². The molecule has 2 aromatic rings. The normalized spacial score (nSPS) is 17.8. The number of benzene rings is 2. The van der Waals surface area contributed by atoms with Crippen molar-refractivity contribution in [1.82, 2.24) is 5.32 Å². The molecule has 1 fully saturated rings. The second-order valence-corrected chi connectivity index (χ2v) is 8.93. The van der Waals surface area contributed by atoms with E-state index in [0.29, 0.717) is 0 Å². The van der Waals surface area contributed by atoms with Crippen LogP contribution in [0.15, 0.2) is 36.4 Å². The molecule has 0 amide bonds. The van der Waals surface area contributed by atoms with Gasteiger partial charge < -0.3 is 10.6 Å². The monoisotopic (exact) mass is 396 g/mol. The van der Waals surface area contributed by atoms with Crippen LogP contribution in [0.3, 0.4) is 0 Å². The van der Waals surface area contributed by atoms with E-state index in [1.54, 1.807) is 0 Å². The second kappa shape index (κ2) is 9.80. The molecule has 0 unspecified atom stereocenters. The highest BCUT2D eigenvalue weighted by Gasteiger charge is 2.15. The Bertz CT molecular complexity index is 763. The van der Waals surface area contributed by atoms with E-state index in [0.717, 1.165) is 49.1 Å². The zero-order chi connectivity index (χ0) is 19.2. The van der Waals surface area contributed by atoms with Crippen molar-refractivity contribution < 1.29 is 0 Å². The topological polar surface area (TPSA) is 24.1 Å². The van der Waals surface area contributed by atoms with Gasteiger partial charge in [-0.05, 0) is 73.0 Å². The van der Waals surface area contributed by atoms with Gasteiger partial charge in [-0.15, -0.1) is 0 Å². The number of aryl methyl sites for hydroxylation is 1. The summed E-state index contributed by atoms with van der Waals surface area (Å²) in [6.45, 7) is 2.90. The van der Waals surface area contributed by atoms with Crippen LogP contribution in [0.5, 0.6) is 0 Å². The van der Waals surface area contributed by atoms with Gasteiger partial charge >= 0.3 is 0 Å². The number of anilines is 1. The van der Waals surface area contributed by atoms with E-state index in [2.05, 4.69) is 41.0 Å². The maximum Gasteiger partial charge on any atom is 0.0640 e. The maximum atomic E-state index is 6.54. The molecule has 28 heavy (non-hydrogen) atoms. The zero-order valence-electron chi connectivity index (χ0n) is 16.9. The first-order valence-electron chi connectivity index (χ1n) is 11.1. The van der Waals surface area contributed by atoms with Crippen LogP contribution >= 0.6 is 11.6 Å². The maximum absolute atomic E-state index is 6.54. The van der Waals surface area contributed by atoms with Crippen LogP contribution in [-0.2, 0) is 25.8 Å². The van der Waals surface area contributed by atoms with Gasteiger partial charge in [-0.3, -0.25) is 0 Å². The lowest BCUT2D eigenvalue weighted by molar-refractivity contribution is 0.339. The van der Waals surface area contributed by atoms with Crippen molar-refractivity contribution in [2.45, 2.75) is 64.3 Å². The summed E-state index contributed by atoms with van der Waals surface area (Å²) in [5.41, 5.74) is 6.75. The van der Waals surface area contributed by atoms with Gasteiger partial charge in [0.15, 0.2) is 0 Å². The summed E-state index contributed by atoms with van der Waals surface area (Å²) in [4.78, 5) is 0. The highest BCUT2D eigenvalue weighted by Crippen LogP contribution is 2.31. The molecule has 150 valence electrons. The van der Waals surface area contributed by atoms with Crippen LogP contribution in [0, 0.1) is 5.92 Å². The fraction of sp³-hybridized carbons (Fsp3) is 0.520. The van der Waals surface area contributed by atoms with Gasteiger partial charge in [0, 0.05) is 6.54 Å². The molecule has 1 heterocycles. The summed E-state index contributed by atoms with van der Waals surface area (Å²) in [5, 5.41) is 7.95. The third-order valence-corrected chi connectivity index (χ3v) is 6.86. The molecule has 0 aromatic heterocycles. The SMILES string of the molecule is Clc1ccc2c(c1NCc1ccc(CCC3CCCCC3)cc1)CCNCC2. The molecule has 2 aliphatic rings. The number of hydrogen-bond acceptors (Lipinski definition) is 2. The third kappa shape index (κ3) is 5.10. The summed E-state index contributed by atoms with van der Waals surface area (Å²) in [7, 11) is 0. The fourth-order valence-electron chi connectivity index (χ4n) is 4.80. The first-order chi connectivity index (χ1) is 13.8. The zero-order valence-corrected chi connectivity index (χ0v) is 17.7. The van der Waals surface area contributed by atoms with Crippen molar-refractivity contribution >= 4 is 17.3 Å². The molecule has 0 bridgehead atoms. The molecule has 3 heteroatoms. The molecule has 0 spiro atoms. The third-order valence-electron chi connectivity index (χ3n) is 6.54. The van der Waals surface area contributed by atoms with Crippen molar-refractivity contribution in [2.75, 3.05) is 18.4 Å². The van der Waals surface area contributed by atoms with Crippen LogP contribution in [0.4, 0.5) is 5.69 Å². The predicted octanol–water partition coefficient (Wildman–Crippen LogP) is 6.15. The Labute approximate surface area is 175 Å². The highest BCUT2D eigenvalue weighted by atomic mass is 35.5. The Morgan fingerprint density at radius 1 is 0.893 bits per heavy atom. The lowest BCUT2D eigenvalue weighted by atomic mass is 9.85. The Hall–Kier alpha value is -1.51. The number of hydrogen-bond donors (Lipinski definition) is 2.